The third-order valence-corrected chi connectivity index (χ3v) is 5.37. The normalized spacial score (nSPS) is 11.3. The van der Waals surface area contributed by atoms with Gasteiger partial charge >= 0.3 is 0 Å². The van der Waals surface area contributed by atoms with Crippen LogP contribution < -0.4 is 15.2 Å². The smallest absolute Gasteiger partial charge is 0.271 e. The standard InChI is InChI=1S/C11H11ClN2O3S2/c1-17-9-6-7(13)2-3-8(9)14-19(15,16)11-5-4-10(12)18-11/h2-6,14H,13H2,1H3. The number of nitrogens with one attached hydrogen (secondary N) is 1. The number of nitrogens with two attached hydrogens (primary N) is 1. The Kier molecular flexibility index (Phi) is 3.88. The Morgan fingerprint density at radius 3 is 2.63 bits per heavy atom. The Morgan fingerprint density at radius 1 is 1.32 bits per heavy atom. The largest absolute Gasteiger partial charge is 0.494 e. The first-order valence-corrected chi connectivity index (χ1v) is 7.82. The van der Waals surface area contributed by atoms with E-state index in [-0.39, 0.29) is 4.21 Å². The summed E-state index contributed by atoms with van der Waals surface area (Å²) in [5.74, 6) is 0.353. The zero-order chi connectivity index (χ0) is 14.0. The van der Waals surface area contributed by atoms with Gasteiger partial charge in [-0.3, -0.25) is 4.72 Å². The lowest BCUT2D eigenvalue weighted by atomic mass is 10.2. The van der Waals surface area contributed by atoms with Gasteiger partial charge in [0.1, 0.15) is 9.96 Å². The van der Waals surface area contributed by atoms with Crippen molar-refractivity contribution in [2.75, 3.05) is 17.6 Å². The summed E-state index contributed by atoms with van der Waals surface area (Å²) in [7, 11) is -2.24. The number of anilines is 2. The molecular formula is C11H11ClN2O3S2. The van der Waals surface area contributed by atoms with E-state index in [9.17, 15) is 8.42 Å². The quantitative estimate of drug-likeness (QED) is 0.849. The number of methoxy groups -OCH3 is 1. The fraction of sp³-hybridized carbons (Fsp3) is 0.0909. The van der Waals surface area contributed by atoms with E-state index in [1.54, 1.807) is 18.2 Å². The molecule has 8 heteroatoms. The summed E-state index contributed by atoms with van der Waals surface area (Å²) < 4.78 is 32.3. The number of halogens is 1. The molecule has 2 aromatic rings. The molecule has 102 valence electrons. The van der Waals surface area contributed by atoms with Gasteiger partial charge in [-0.05, 0) is 24.3 Å². The topological polar surface area (TPSA) is 81.4 Å². The fourth-order valence-corrected chi connectivity index (χ4v) is 3.98. The number of hydrogen-bond donors (Lipinski definition) is 2. The molecule has 0 atom stereocenters. The number of nitrogen functional groups attached to an aromatic ring is 1. The Hall–Kier alpha value is -1.44. The lowest BCUT2D eigenvalue weighted by Gasteiger charge is -2.11. The van der Waals surface area contributed by atoms with Crippen molar-refractivity contribution in [1.82, 2.24) is 0 Å². The number of rotatable bonds is 4. The summed E-state index contributed by atoms with van der Waals surface area (Å²) in [6, 6.07) is 7.64. The molecule has 1 aromatic heterocycles. The predicted octanol–water partition coefficient (Wildman–Crippen LogP) is 2.79. The van der Waals surface area contributed by atoms with E-state index in [0.717, 1.165) is 11.3 Å². The number of thiophene rings is 1. The SMILES string of the molecule is COc1cc(N)ccc1NS(=O)(=O)c1ccc(Cl)s1. The summed E-state index contributed by atoms with van der Waals surface area (Å²) in [6.07, 6.45) is 0. The third kappa shape index (κ3) is 3.12. The molecule has 0 unspecified atom stereocenters. The Balaban J connectivity index is 2.35. The minimum atomic E-state index is -3.67. The van der Waals surface area contributed by atoms with Crippen LogP contribution >= 0.6 is 22.9 Å². The summed E-state index contributed by atoms with van der Waals surface area (Å²) in [4.78, 5) is 0. The van der Waals surface area contributed by atoms with Gasteiger partial charge in [0, 0.05) is 11.8 Å². The monoisotopic (exact) mass is 318 g/mol. The van der Waals surface area contributed by atoms with Gasteiger partial charge in [0.2, 0.25) is 0 Å². The second kappa shape index (κ2) is 5.28. The number of ether oxygens (including phenoxy) is 1. The van der Waals surface area contributed by atoms with Crippen molar-refractivity contribution in [1.29, 1.82) is 0 Å². The van der Waals surface area contributed by atoms with Gasteiger partial charge < -0.3 is 10.5 Å². The van der Waals surface area contributed by atoms with Gasteiger partial charge in [-0.15, -0.1) is 11.3 Å². The summed E-state index contributed by atoms with van der Waals surface area (Å²) in [5, 5.41) is 0. The summed E-state index contributed by atoms with van der Waals surface area (Å²) in [6.45, 7) is 0. The van der Waals surface area contributed by atoms with Crippen molar-refractivity contribution in [2.24, 2.45) is 0 Å². The van der Waals surface area contributed by atoms with Gasteiger partial charge in [0.15, 0.2) is 0 Å². The minimum absolute atomic E-state index is 0.136. The van der Waals surface area contributed by atoms with Crippen LogP contribution in [-0.2, 0) is 10.0 Å². The first kappa shape index (κ1) is 14.0. The molecule has 0 fully saturated rings. The van der Waals surface area contributed by atoms with Crippen LogP contribution in [0.1, 0.15) is 0 Å². The molecule has 19 heavy (non-hydrogen) atoms. The maximum atomic E-state index is 12.1. The third-order valence-electron chi connectivity index (χ3n) is 2.28. The zero-order valence-electron chi connectivity index (χ0n) is 9.88. The van der Waals surface area contributed by atoms with E-state index < -0.39 is 10.0 Å². The van der Waals surface area contributed by atoms with Crippen LogP contribution in [0.5, 0.6) is 5.75 Å². The number of hydrogen-bond acceptors (Lipinski definition) is 5. The van der Waals surface area contributed by atoms with Crippen LogP contribution in [0.3, 0.4) is 0 Å². The molecule has 0 aliphatic heterocycles. The Labute approximate surface area is 120 Å². The molecular weight excluding hydrogens is 308 g/mol. The van der Waals surface area contributed by atoms with Crippen molar-refractivity contribution in [3.05, 3.63) is 34.7 Å². The molecule has 0 saturated heterocycles. The number of benzene rings is 1. The lowest BCUT2D eigenvalue weighted by Crippen LogP contribution is -2.12. The number of sulfonamides is 1. The first-order chi connectivity index (χ1) is 8.92. The summed E-state index contributed by atoms with van der Waals surface area (Å²) in [5.41, 5.74) is 6.41. The van der Waals surface area contributed by atoms with E-state index in [1.807, 2.05) is 0 Å². The maximum Gasteiger partial charge on any atom is 0.271 e. The molecule has 0 radical (unpaired) electrons. The zero-order valence-corrected chi connectivity index (χ0v) is 12.3. The first-order valence-electron chi connectivity index (χ1n) is 5.14. The van der Waals surface area contributed by atoms with Crippen molar-refractivity contribution < 1.29 is 13.2 Å². The molecule has 0 amide bonds. The van der Waals surface area contributed by atoms with Gasteiger partial charge in [0.25, 0.3) is 10.0 Å². The fourth-order valence-electron chi connectivity index (χ4n) is 1.43. The van der Waals surface area contributed by atoms with Crippen molar-refractivity contribution in [2.45, 2.75) is 4.21 Å². The highest BCUT2D eigenvalue weighted by Gasteiger charge is 2.18. The lowest BCUT2D eigenvalue weighted by molar-refractivity contribution is 0.417. The highest BCUT2D eigenvalue weighted by atomic mass is 35.5. The molecule has 0 spiro atoms. The average Bonchev–Trinajstić information content (AvgIpc) is 2.79. The average molecular weight is 319 g/mol. The van der Waals surface area contributed by atoms with E-state index in [0.29, 0.717) is 21.5 Å². The van der Waals surface area contributed by atoms with Crippen LogP contribution in [0.15, 0.2) is 34.5 Å². The Bertz CT molecular complexity index is 698. The molecule has 0 aliphatic carbocycles. The van der Waals surface area contributed by atoms with Crippen LogP contribution in [0.25, 0.3) is 0 Å². The molecule has 0 bridgehead atoms. The van der Waals surface area contributed by atoms with E-state index in [1.165, 1.54) is 19.2 Å². The predicted molar refractivity (Wildman–Crippen MR) is 77.5 cm³/mol. The van der Waals surface area contributed by atoms with Gasteiger partial charge in [-0.1, -0.05) is 11.6 Å². The minimum Gasteiger partial charge on any atom is -0.494 e. The molecule has 1 heterocycles. The van der Waals surface area contributed by atoms with Crippen molar-refractivity contribution in [3.8, 4) is 5.75 Å². The van der Waals surface area contributed by atoms with Crippen molar-refractivity contribution >= 4 is 44.3 Å². The molecule has 5 nitrogen and oxygen atoms in total. The van der Waals surface area contributed by atoms with Crippen LogP contribution in [-0.4, -0.2) is 15.5 Å². The second-order valence-electron chi connectivity index (χ2n) is 3.62. The van der Waals surface area contributed by atoms with Gasteiger partial charge in [-0.2, -0.15) is 0 Å². The van der Waals surface area contributed by atoms with E-state index in [4.69, 9.17) is 22.1 Å². The van der Waals surface area contributed by atoms with E-state index in [2.05, 4.69) is 4.72 Å². The van der Waals surface area contributed by atoms with Gasteiger partial charge in [0.05, 0.1) is 17.1 Å². The molecule has 0 aliphatic rings. The van der Waals surface area contributed by atoms with Crippen LogP contribution in [0.4, 0.5) is 11.4 Å². The molecule has 2 rings (SSSR count). The summed E-state index contributed by atoms with van der Waals surface area (Å²) >= 11 is 6.71. The van der Waals surface area contributed by atoms with Crippen molar-refractivity contribution in [3.63, 3.8) is 0 Å². The maximum absolute atomic E-state index is 12.1. The molecule has 3 N–H and O–H groups in total. The molecule has 1 aromatic carbocycles. The van der Waals surface area contributed by atoms with E-state index >= 15 is 0 Å². The second-order valence-corrected chi connectivity index (χ2v) is 7.25. The Morgan fingerprint density at radius 2 is 2.05 bits per heavy atom. The van der Waals surface area contributed by atoms with Crippen LogP contribution in [0, 0.1) is 0 Å². The highest BCUT2D eigenvalue weighted by Crippen LogP contribution is 2.31. The molecule has 0 saturated carbocycles. The van der Waals surface area contributed by atoms with Gasteiger partial charge in [-0.25, -0.2) is 8.42 Å². The van der Waals surface area contributed by atoms with Crippen LogP contribution in [0.2, 0.25) is 4.34 Å². The highest BCUT2D eigenvalue weighted by molar-refractivity contribution is 7.94.